The largest absolute Gasteiger partial charge is 0.387 e. The molecule has 0 bridgehead atoms. The SMILES string of the molecule is CC(O)c1nc2c([N+](=O)[O-])c(Cl)c(Cl)cc2nc1C(N)=O. The lowest BCUT2D eigenvalue weighted by Crippen LogP contribution is -2.19. The Bertz CT molecular complexity index is 779. The minimum Gasteiger partial charge on any atom is -0.387 e. The number of aliphatic hydroxyl groups excluding tert-OH is 1. The summed E-state index contributed by atoms with van der Waals surface area (Å²) < 4.78 is 0. The molecular weight excluding hydrogens is 323 g/mol. The summed E-state index contributed by atoms with van der Waals surface area (Å²) in [7, 11) is 0. The van der Waals surface area contributed by atoms with Gasteiger partial charge in [0.25, 0.3) is 5.91 Å². The third kappa shape index (κ3) is 2.60. The van der Waals surface area contributed by atoms with Crippen LogP contribution in [0.5, 0.6) is 0 Å². The minimum atomic E-state index is -1.20. The maximum absolute atomic E-state index is 11.4. The van der Waals surface area contributed by atoms with Crippen molar-refractivity contribution >= 4 is 45.8 Å². The molecule has 0 saturated carbocycles. The van der Waals surface area contributed by atoms with E-state index in [2.05, 4.69) is 9.97 Å². The van der Waals surface area contributed by atoms with Crippen molar-refractivity contribution < 1.29 is 14.8 Å². The van der Waals surface area contributed by atoms with E-state index in [4.69, 9.17) is 28.9 Å². The van der Waals surface area contributed by atoms with E-state index in [0.717, 1.165) is 0 Å². The lowest BCUT2D eigenvalue weighted by atomic mass is 10.1. The third-order valence-corrected chi connectivity index (χ3v) is 3.44. The van der Waals surface area contributed by atoms with Crippen LogP contribution in [0.1, 0.15) is 29.2 Å². The quantitative estimate of drug-likeness (QED) is 0.653. The topological polar surface area (TPSA) is 132 Å². The lowest BCUT2D eigenvalue weighted by Gasteiger charge is -2.10. The maximum atomic E-state index is 11.4. The molecule has 0 aliphatic rings. The van der Waals surface area contributed by atoms with Gasteiger partial charge in [-0.1, -0.05) is 23.2 Å². The van der Waals surface area contributed by atoms with Crippen molar-refractivity contribution in [2.45, 2.75) is 13.0 Å². The van der Waals surface area contributed by atoms with Crippen LogP contribution in [0.25, 0.3) is 11.0 Å². The first-order chi connectivity index (χ1) is 9.73. The zero-order chi connectivity index (χ0) is 15.9. The lowest BCUT2D eigenvalue weighted by molar-refractivity contribution is -0.383. The van der Waals surface area contributed by atoms with E-state index in [-0.39, 0.29) is 32.5 Å². The van der Waals surface area contributed by atoms with Crippen LogP contribution in [0.4, 0.5) is 5.69 Å². The third-order valence-electron chi connectivity index (χ3n) is 2.67. The number of aliphatic hydroxyl groups is 1. The number of benzene rings is 1. The molecule has 8 nitrogen and oxygen atoms in total. The van der Waals surface area contributed by atoms with Gasteiger partial charge in [-0.3, -0.25) is 14.9 Å². The normalized spacial score (nSPS) is 12.4. The van der Waals surface area contributed by atoms with Crippen LogP contribution in [0.2, 0.25) is 10.0 Å². The highest BCUT2D eigenvalue weighted by Gasteiger charge is 2.26. The van der Waals surface area contributed by atoms with Gasteiger partial charge in [0.15, 0.2) is 11.2 Å². The average Bonchev–Trinajstić information content (AvgIpc) is 2.38. The number of halogens is 2. The van der Waals surface area contributed by atoms with E-state index >= 15 is 0 Å². The molecule has 10 heteroatoms. The van der Waals surface area contributed by atoms with Crippen molar-refractivity contribution in [3.63, 3.8) is 0 Å². The van der Waals surface area contributed by atoms with E-state index in [9.17, 15) is 20.0 Å². The molecule has 1 heterocycles. The summed E-state index contributed by atoms with van der Waals surface area (Å²) in [5, 5.41) is 20.4. The predicted octanol–water partition coefficient (Wildman–Crippen LogP) is 2.00. The molecule has 1 aromatic carbocycles. The highest BCUT2D eigenvalue weighted by molar-refractivity contribution is 6.44. The number of aromatic nitrogens is 2. The maximum Gasteiger partial charge on any atom is 0.317 e. The fourth-order valence-corrected chi connectivity index (χ4v) is 2.18. The molecule has 0 saturated heterocycles. The Morgan fingerprint density at radius 1 is 1.48 bits per heavy atom. The summed E-state index contributed by atoms with van der Waals surface area (Å²) >= 11 is 11.6. The van der Waals surface area contributed by atoms with Crippen LogP contribution in [-0.4, -0.2) is 25.9 Å². The van der Waals surface area contributed by atoms with Gasteiger partial charge in [0, 0.05) is 0 Å². The molecule has 1 aromatic heterocycles. The summed E-state index contributed by atoms with van der Waals surface area (Å²) in [6, 6.07) is 1.23. The number of carbonyl (C=O) groups excluding carboxylic acids is 1. The molecule has 0 radical (unpaired) electrons. The molecule has 0 fully saturated rings. The Labute approximate surface area is 127 Å². The number of nitro groups is 1. The zero-order valence-electron chi connectivity index (χ0n) is 10.5. The number of amides is 1. The fraction of sp³-hybridized carbons (Fsp3) is 0.182. The average molecular weight is 331 g/mol. The summed E-state index contributed by atoms with van der Waals surface area (Å²) in [5.74, 6) is -0.922. The van der Waals surface area contributed by atoms with Crippen molar-refractivity contribution in [2.24, 2.45) is 5.73 Å². The Kier molecular flexibility index (Phi) is 3.95. The summed E-state index contributed by atoms with van der Waals surface area (Å²) in [4.78, 5) is 29.5. The summed E-state index contributed by atoms with van der Waals surface area (Å²) in [6.45, 7) is 1.33. The fourth-order valence-electron chi connectivity index (χ4n) is 1.78. The van der Waals surface area contributed by atoms with Crippen molar-refractivity contribution in [3.8, 4) is 0 Å². The predicted molar refractivity (Wildman–Crippen MR) is 75.4 cm³/mol. The van der Waals surface area contributed by atoms with Gasteiger partial charge in [0.05, 0.1) is 21.6 Å². The van der Waals surface area contributed by atoms with Gasteiger partial charge in [0.1, 0.15) is 10.7 Å². The van der Waals surface area contributed by atoms with Crippen LogP contribution in [-0.2, 0) is 0 Å². The van der Waals surface area contributed by atoms with Crippen molar-refractivity contribution in [3.05, 3.63) is 37.6 Å². The van der Waals surface area contributed by atoms with Gasteiger partial charge >= 0.3 is 5.69 Å². The smallest absolute Gasteiger partial charge is 0.317 e. The highest BCUT2D eigenvalue weighted by atomic mass is 35.5. The summed E-state index contributed by atoms with van der Waals surface area (Å²) in [5.41, 5.74) is 3.95. The number of hydrogen-bond donors (Lipinski definition) is 2. The van der Waals surface area contributed by atoms with Crippen molar-refractivity contribution in [1.29, 1.82) is 0 Å². The number of rotatable bonds is 3. The molecule has 110 valence electrons. The van der Waals surface area contributed by atoms with Crippen LogP contribution in [0.3, 0.4) is 0 Å². The molecule has 0 aliphatic heterocycles. The Morgan fingerprint density at radius 3 is 2.57 bits per heavy atom. The highest BCUT2D eigenvalue weighted by Crippen LogP contribution is 2.37. The summed E-state index contributed by atoms with van der Waals surface area (Å²) in [6.07, 6.45) is -1.20. The van der Waals surface area contributed by atoms with Gasteiger partial charge in [-0.05, 0) is 13.0 Å². The second-order valence-corrected chi connectivity index (χ2v) is 4.93. The van der Waals surface area contributed by atoms with Crippen molar-refractivity contribution in [1.82, 2.24) is 9.97 Å². The second kappa shape index (κ2) is 5.40. The number of primary amides is 1. The molecule has 0 aliphatic carbocycles. The minimum absolute atomic E-state index is 0.0192. The molecule has 2 aromatic rings. The molecule has 1 unspecified atom stereocenters. The molecular formula is C11H8Cl2N4O4. The molecule has 2 rings (SSSR count). The number of nitrogens with zero attached hydrogens (tertiary/aromatic N) is 3. The van der Waals surface area contributed by atoms with Crippen LogP contribution in [0, 0.1) is 10.1 Å². The second-order valence-electron chi connectivity index (χ2n) is 4.14. The van der Waals surface area contributed by atoms with Gasteiger partial charge in [-0.25, -0.2) is 9.97 Å². The standard InChI is InChI=1S/C11H8Cl2N4O4/c1-3(18)7-9(11(14)19)15-5-2-4(12)6(13)10(17(20)21)8(5)16-7/h2-3,18H,1H3,(H2,14,19). The Hall–Kier alpha value is -2.03. The monoisotopic (exact) mass is 330 g/mol. The van der Waals surface area contributed by atoms with Gasteiger partial charge in [0.2, 0.25) is 0 Å². The van der Waals surface area contributed by atoms with Crippen LogP contribution in [0.15, 0.2) is 6.07 Å². The van der Waals surface area contributed by atoms with Crippen LogP contribution < -0.4 is 5.73 Å². The van der Waals surface area contributed by atoms with E-state index < -0.39 is 22.6 Å². The Balaban J connectivity index is 2.98. The van der Waals surface area contributed by atoms with Crippen LogP contribution >= 0.6 is 23.2 Å². The van der Waals surface area contributed by atoms with Crippen molar-refractivity contribution in [2.75, 3.05) is 0 Å². The number of fused-ring (bicyclic) bond motifs is 1. The molecule has 21 heavy (non-hydrogen) atoms. The zero-order valence-corrected chi connectivity index (χ0v) is 12.0. The first-order valence-electron chi connectivity index (χ1n) is 5.56. The molecule has 1 atom stereocenters. The van der Waals surface area contributed by atoms with E-state index in [1.54, 1.807) is 0 Å². The molecule has 1 amide bonds. The number of hydrogen-bond acceptors (Lipinski definition) is 6. The van der Waals surface area contributed by atoms with E-state index in [1.807, 2.05) is 0 Å². The number of nitro benzene ring substituents is 1. The number of carbonyl (C=O) groups is 1. The molecule has 3 N–H and O–H groups in total. The number of nitrogens with two attached hydrogens (primary N) is 1. The van der Waals surface area contributed by atoms with E-state index in [1.165, 1.54) is 13.0 Å². The first kappa shape index (κ1) is 15.4. The van der Waals surface area contributed by atoms with Gasteiger partial charge in [-0.2, -0.15) is 0 Å². The first-order valence-corrected chi connectivity index (χ1v) is 6.31. The van der Waals surface area contributed by atoms with Gasteiger partial charge < -0.3 is 10.8 Å². The van der Waals surface area contributed by atoms with Gasteiger partial charge in [-0.15, -0.1) is 0 Å². The van der Waals surface area contributed by atoms with E-state index in [0.29, 0.717) is 0 Å². The Morgan fingerprint density at radius 2 is 2.10 bits per heavy atom. The molecule has 0 spiro atoms.